The molecule has 0 saturated carbocycles. The van der Waals surface area contributed by atoms with Gasteiger partial charge < -0.3 is 9.15 Å². The van der Waals surface area contributed by atoms with Crippen molar-refractivity contribution in [1.29, 1.82) is 0 Å². The van der Waals surface area contributed by atoms with E-state index in [1.54, 1.807) is 0 Å². The van der Waals surface area contributed by atoms with Crippen LogP contribution >= 0.6 is 0 Å². The highest BCUT2D eigenvalue weighted by molar-refractivity contribution is 5.75. The highest BCUT2D eigenvalue weighted by Crippen LogP contribution is 2.21. The number of methoxy groups -OCH3 is 1. The smallest absolute Gasteiger partial charge is 0.322 e. The first-order valence-electron chi connectivity index (χ1n) is 5.90. The Balaban J connectivity index is 2.74. The zero-order chi connectivity index (χ0) is 13.0. The Bertz CT molecular complexity index is 384. The van der Waals surface area contributed by atoms with Crippen LogP contribution in [0.5, 0.6) is 0 Å². The molecule has 96 valence electrons. The summed E-state index contributed by atoms with van der Waals surface area (Å²) in [5.74, 6) is 1.55. The summed E-state index contributed by atoms with van der Waals surface area (Å²) in [4.78, 5) is 11.5. The maximum atomic E-state index is 11.5. The Kier molecular flexibility index (Phi) is 4.75. The maximum Gasteiger partial charge on any atom is 0.322 e. The lowest BCUT2D eigenvalue weighted by molar-refractivity contribution is -0.143. The van der Waals surface area contributed by atoms with Gasteiger partial charge in [-0.1, -0.05) is 6.92 Å². The molecule has 0 fully saturated rings. The molecule has 0 amide bonds. The summed E-state index contributed by atoms with van der Waals surface area (Å²) in [6, 6.07) is 1.79. The van der Waals surface area contributed by atoms with E-state index >= 15 is 0 Å². The van der Waals surface area contributed by atoms with Gasteiger partial charge in [0.1, 0.15) is 17.6 Å². The molecule has 0 aliphatic heterocycles. The third kappa shape index (κ3) is 3.33. The van der Waals surface area contributed by atoms with Crippen LogP contribution in [-0.4, -0.2) is 19.1 Å². The molecule has 1 aromatic rings. The highest BCUT2D eigenvalue weighted by atomic mass is 16.5. The summed E-state index contributed by atoms with van der Waals surface area (Å²) in [5.41, 5.74) is 1.09. The molecule has 1 N–H and O–H groups in total. The molecule has 1 aromatic heterocycles. The van der Waals surface area contributed by atoms with Crippen molar-refractivity contribution in [3.63, 3.8) is 0 Å². The minimum atomic E-state index is -0.274. The Morgan fingerprint density at radius 1 is 1.53 bits per heavy atom. The van der Waals surface area contributed by atoms with E-state index in [4.69, 9.17) is 9.15 Å². The number of hydrogen-bond acceptors (Lipinski definition) is 4. The fourth-order valence-corrected chi connectivity index (χ4v) is 1.97. The molecule has 2 unspecified atom stereocenters. The average Bonchev–Trinajstić information content (AvgIpc) is 2.64. The number of hydrogen-bond donors (Lipinski definition) is 1. The van der Waals surface area contributed by atoms with Gasteiger partial charge in [0.05, 0.1) is 7.11 Å². The summed E-state index contributed by atoms with van der Waals surface area (Å²) < 4.78 is 10.2. The summed E-state index contributed by atoms with van der Waals surface area (Å²) in [7, 11) is 1.41. The van der Waals surface area contributed by atoms with Crippen molar-refractivity contribution in [2.75, 3.05) is 7.11 Å². The fourth-order valence-electron chi connectivity index (χ4n) is 1.97. The Morgan fingerprint density at radius 3 is 2.59 bits per heavy atom. The lowest BCUT2D eigenvalue weighted by Gasteiger charge is -2.19. The lowest BCUT2D eigenvalue weighted by Crippen LogP contribution is -2.38. The van der Waals surface area contributed by atoms with Crippen molar-refractivity contribution in [3.8, 4) is 0 Å². The monoisotopic (exact) mass is 239 g/mol. The number of carbonyl (C=O) groups is 1. The predicted molar refractivity (Wildman–Crippen MR) is 65.8 cm³/mol. The third-order valence-corrected chi connectivity index (χ3v) is 2.89. The molecule has 1 heterocycles. The van der Waals surface area contributed by atoms with Crippen LogP contribution in [0.3, 0.4) is 0 Å². The van der Waals surface area contributed by atoms with Crippen LogP contribution in [0.25, 0.3) is 0 Å². The second-order valence-corrected chi connectivity index (χ2v) is 4.24. The second-order valence-electron chi connectivity index (χ2n) is 4.24. The van der Waals surface area contributed by atoms with Crippen LogP contribution < -0.4 is 5.32 Å². The first-order chi connectivity index (χ1) is 7.99. The van der Waals surface area contributed by atoms with Gasteiger partial charge in [-0.2, -0.15) is 0 Å². The fraction of sp³-hybridized carbons (Fsp3) is 0.615. The van der Waals surface area contributed by atoms with E-state index in [1.165, 1.54) is 7.11 Å². The maximum absolute atomic E-state index is 11.5. The summed E-state index contributed by atoms with van der Waals surface area (Å²) in [5, 5.41) is 3.25. The number of ether oxygens (including phenoxy) is 1. The molecule has 0 saturated heterocycles. The van der Waals surface area contributed by atoms with Crippen molar-refractivity contribution in [1.82, 2.24) is 5.32 Å². The van der Waals surface area contributed by atoms with Gasteiger partial charge in [-0.15, -0.1) is 0 Å². The van der Waals surface area contributed by atoms with E-state index in [0.29, 0.717) is 6.42 Å². The number of rotatable bonds is 5. The molecule has 0 aromatic carbocycles. The quantitative estimate of drug-likeness (QED) is 0.802. The summed E-state index contributed by atoms with van der Waals surface area (Å²) in [6.45, 7) is 7.82. The van der Waals surface area contributed by atoms with Crippen molar-refractivity contribution in [3.05, 3.63) is 23.2 Å². The number of aryl methyl sites for hydroxylation is 2. The van der Waals surface area contributed by atoms with Gasteiger partial charge >= 0.3 is 5.97 Å². The van der Waals surface area contributed by atoms with E-state index in [-0.39, 0.29) is 18.1 Å². The molecule has 2 atom stereocenters. The summed E-state index contributed by atoms with van der Waals surface area (Å²) in [6.07, 6.45) is 0.701. The molecule has 0 aliphatic carbocycles. The van der Waals surface area contributed by atoms with E-state index in [1.807, 2.05) is 33.8 Å². The van der Waals surface area contributed by atoms with Gasteiger partial charge in [0.25, 0.3) is 0 Å². The molecule has 4 heteroatoms. The highest BCUT2D eigenvalue weighted by Gasteiger charge is 2.21. The lowest BCUT2D eigenvalue weighted by atomic mass is 10.1. The van der Waals surface area contributed by atoms with Crippen LogP contribution in [0.4, 0.5) is 0 Å². The average molecular weight is 239 g/mol. The van der Waals surface area contributed by atoms with Gasteiger partial charge in [0.15, 0.2) is 0 Å². The van der Waals surface area contributed by atoms with E-state index in [0.717, 1.165) is 17.1 Å². The van der Waals surface area contributed by atoms with Gasteiger partial charge in [-0.05, 0) is 33.3 Å². The number of carbonyl (C=O) groups excluding carboxylic acids is 1. The van der Waals surface area contributed by atoms with Crippen LogP contribution in [0.2, 0.25) is 0 Å². The van der Waals surface area contributed by atoms with Crippen LogP contribution in [-0.2, 0) is 9.53 Å². The first kappa shape index (κ1) is 13.8. The molecule has 4 nitrogen and oxygen atoms in total. The normalized spacial score (nSPS) is 14.4. The largest absolute Gasteiger partial charge is 0.468 e. The van der Waals surface area contributed by atoms with Crippen LogP contribution in [0, 0.1) is 13.8 Å². The topological polar surface area (TPSA) is 51.5 Å². The van der Waals surface area contributed by atoms with Gasteiger partial charge in [-0.25, -0.2) is 0 Å². The van der Waals surface area contributed by atoms with Crippen molar-refractivity contribution in [2.24, 2.45) is 0 Å². The molecule has 1 rings (SSSR count). The first-order valence-corrected chi connectivity index (χ1v) is 5.90. The molecule has 17 heavy (non-hydrogen) atoms. The standard InChI is InChI=1S/C13H21NO3/c1-6-12(13(15)16-5)14-9(3)11-7-8(2)17-10(11)4/h7,9,12,14H,6H2,1-5H3. The van der Waals surface area contributed by atoms with Crippen molar-refractivity contribution >= 4 is 5.97 Å². The summed E-state index contributed by atoms with van der Waals surface area (Å²) >= 11 is 0. The van der Waals surface area contributed by atoms with Crippen LogP contribution in [0.1, 0.15) is 43.4 Å². The molecule has 0 aliphatic rings. The van der Waals surface area contributed by atoms with Gasteiger partial charge in [-0.3, -0.25) is 10.1 Å². The molecule has 0 spiro atoms. The number of esters is 1. The Morgan fingerprint density at radius 2 is 2.18 bits per heavy atom. The van der Waals surface area contributed by atoms with Gasteiger partial charge in [0, 0.05) is 11.6 Å². The molecule has 0 radical (unpaired) electrons. The molecular weight excluding hydrogens is 218 g/mol. The van der Waals surface area contributed by atoms with Crippen molar-refractivity contribution < 1.29 is 13.9 Å². The zero-order valence-electron chi connectivity index (χ0n) is 11.2. The minimum absolute atomic E-state index is 0.0662. The Labute approximate surface area is 102 Å². The van der Waals surface area contributed by atoms with E-state index in [9.17, 15) is 4.79 Å². The predicted octanol–water partition coefficient (Wildman–Crippen LogP) is 2.50. The molecular formula is C13H21NO3. The van der Waals surface area contributed by atoms with Crippen LogP contribution in [0.15, 0.2) is 10.5 Å². The number of nitrogens with one attached hydrogen (secondary N) is 1. The van der Waals surface area contributed by atoms with Gasteiger partial charge in [0.2, 0.25) is 0 Å². The van der Waals surface area contributed by atoms with E-state index in [2.05, 4.69) is 5.32 Å². The van der Waals surface area contributed by atoms with Crippen molar-refractivity contribution in [2.45, 2.75) is 46.2 Å². The Hall–Kier alpha value is -1.29. The van der Waals surface area contributed by atoms with E-state index < -0.39 is 0 Å². The SMILES string of the molecule is CCC(NC(C)c1cc(C)oc1C)C(=O)OC. The minimum Gasteiger partial charge on any atom is -0.468 e. The molecule has 0 bridgehead atoms. The third-order valence-electron chi connectivity index (χ3n) is 2.89. The zero-order valence-corrected chi connectivity index (χ0v) is 11.2. The number of furan rings is 1. The second kappa shape index (κ2) is 5.87.